The molecule has 0 amide bonds. The molecule has 0 radical (unpaired) electrons. The molecule has 1 aliphatic rings. The lowest BCUT2D eigenvalue weighted by molar-refractivity contribution is -0.137. The SMILES string of the molecule is NC(CCC(=O)O)c1cc(Br)c2c(c1)OCCCO2. The molecule has 0 saturated carbocycles. The maximum Gasteiger partial charge on any atom is 0.303 e. The summed E-state index contributed by atoms with van der Waals surface area (Å²) < 4.78 is 12.0. The number of ether oxygens (including phenoxy) is 2. The van der Waals surface area contributed by atoms with Crippen LogP contribution in [-0.4, -0.2) is 24.3 Å². The molecule has 5 nitrogen and oxygen atoms in total. The summed E-state index contributed by atoms with van der Waals surface area (Å²) in [6.07, 6.45) is 1.27. The van der Waals surface area contributed by atoms with Crippen LogP contribution in [-0.2, 0) is 4.79 Å². The van der Waals surface area contributed by atoms with Crippen LogP contribution in [0.15, 0.2) is 16.6 Å². The highest BCUT2D eigenvalue weighted by Crippen LogP contribution is 2.39. The van der Waals surface area contributed by atoms with E-state index in [1.165, 1.54) is 0 Å². The third kappa shape index (κ3) is 3.61. The molecule has 0 bridgehead atoms. The van der Waals surface area contributed by atoms with Crippen molar-refractivity contribution in [2.24, 2.45) is 5.73 Å². The van der Waals surface area contributed by atoms with Crippen molar-refractivity contribution in [3.8, 4) is 11.5 Å². The van der Waals surface area contributed by atoms with Gasteiger partial charge in [-0.25, -0.2) is 0 Å². The Hall–Kier alpha value is -1.27. The Morgan fingerprint density at radius 3 is 2.89 bits per heavy atom. The van der Waals surface area contributed by atoms with Gasteiger partial charge in [0.2, 0.25) is 0 Å². The van der Waals surface area contributed by atoms with E-state index in [4.69, 9.17) is 20.3 Å². The minimum absolute atomic E-state index is 0.0488. The molecule has 0 saturated heterocycles. The van der Waals surface area contributed by atoms with E-state index in [1.807, 2.05) is 12.1 Å². The molecule has 6 heteroatoms. The Kier molecular flexibility index (Phi) is 4.66. The van der Waals surface area contributed by atoms with Crippen LogP contribution in [0, 0.1) is 0 Å². The second-order valence-corrected chi connectivity index (χ2v) is 5.27. The van der Waals surface area contributed by atoms with Crippen LogP contribution < -0.4 is 15.2 Å². The summed E-state index contributed by atoms with van der Waals surface area (Å²) in [7, 11) is 0. The summed E-state index contributed by atoms with van der Waals surface area (Å²) in [6, 6.07) is 3.36. The molecule has 0 aliphatic carbocycles. The first-order valence-electron chi connectivity index (χ1n) is 6.14. The molecular weight excluding hydrogens is 314 g/mol. The molecule has 0 aromatic heterocycles. The summed E-state index contributed by atoms with van der Waals surface area (Å²) in [5.41, 5.74) is 6.85. The van der Waals surface area contributed by atoms with E-state index in [0.717, 1.165) is 16.5 Å². The third-order valence-corrected chi connectivity index (χ3v) is 3.51. The normalized spacial score (nSPS) is 15.7. The molecule has 19 heavy (non-hydrogen) atoms. The van der Waals surface area contributed by atoms with Crippen molar-refractivity contribution < 1.29 is 19.4 Å². The van der Waals surface area contributed by atoms with Crippen LogP contribution in [0.1, 0.15) is 30.9 Å². The first-order valence-corrected chi connectivity index (χ1v) is 6.93. The number of rotatable bonds is 4. The van der Waals surface area contributed by atoms with Crippen LogP contribution in [0.4, 0.5) is 0 Å². The van der Waals surface area contributed by atoms with E-state index in [0.29, 0.717) is 31.1 Å². The van der Waals surface area contributed by atoms with Gasteiger partial charge in [0, 0.05) is 18.9 Å². The van der Waals surface area contributed by atoms with Gasteiger partial charge in [0.05, 0.1) is 17.7 Å². The lowest BCUT2D eigenvalue weighted by Crippen LogP contribution is -2.12. The van der Waals surface area contributed by atoms with Gasteiger partial charge in [0.1, 0.15) is 0 Å². The third-order valence-electron chi connectivity index (χ3n) is 2.92. The number of benzene rings is 1. The van der Waals surface area contributed by atoms with Crippen LogP contribution >= 0.6 is 15.9 Å². The Morgan fingerprint density at radius 1 is 1.42 bits per heavy atom. The Bertz CT molecular complexity index is 478. The molecule has 0 fully saturated rings. The van der Waals surface area contributed by atoms with Crippen molar-refractivity contribution in [1.29, 1.82) is 0 Å². The maximum atomic E-state index is 10.6. The van der Waals surface area contributed by atoms with Crippen molar-refractivity contribution in [1.82, 2.24) is 0 Å². The van der Waals surface area contributed by atoms with Gasteiger partial charge in [0.15, 0.2) is 11.5 Å². The van der Waals surface area contributed by atoms with Gasteiger partial charge in [-0.3, -0.25) is 4.79 Å². The second kappa shape index (κ2) is 6.25. The quantitative estimate of drug-likeness (QED) is 0.886. The van der Waals surface area contributed by atoms with Crippen molar-refractivity contribution in [3.05, 3.63) is 22.2 Å². The van der Waals surface area contributed by atoms with Crippen molar-refractivity contribution in [3.63, 3.8) is 0 Å². The van der Waals surface area contributed by atoms with Gasteiger partial charge in [0.25, 0.3) is 0 Å². The van der Waals surface area contributed by atoms with Crippen LogP contribution in [0.2, 0.25) is 0 Å². The molecular formula is C13H16BrNO4. The fraction of sp³-hybridized carbons (Fsp3) is 0.462. The first-order chi connectivity index (χ1) is 9.08. The van der Waals surface area contributed by atoms with Gasteiger partial charge in [-0.1, -0.05) is 0 Å². The van der Waals surface area contributed by atoms with Crippen LogP contribution in [0.3, 0.4) is 0 Å². The molecule has 2 rings (SSSR count). The smallest absolute Gasteiger partial charge is 0.303 e. The summed E-state index contributed by atoms with van der Waals surface area (Å²) in [4.78, 5) is 10.6. The minimum atomic E-state index is -0.844. The maximum absolute atomic E-state index is 10.6. The number of hydrogen-bond acceptors (Lipinski definition) is 4. The molecule has 0 spiro atoms. The lowest BCUT2D eigenvalue weighted by Gasteiger charge is -2.15. The number of fused-ring (bicyclic) bond motifs is 1. The number of nitrogens with two attached hydrogens (primary N) is 1. The average molecular weight is 330 g/mol. The van der Waals surface area contributed by atoms with Crippen LogP contribution in [0.25, 0.3) is 0 Å². The first kappa shape index (κ1) is 14.1. The topological polar surface area (TPSA) is 81.8 Å². The van der Waals surface area contributed by atoms with Crippen molar-refractivity contribution >= 4 is 21.9 Å². The number of carboxylic acid groups (broad SMARTS) is 1. The minimum Gasteiger partial charge on any atom is -0.490 e. The predicted octanol–water partition coefficient (Wildman–Crippen LogP) is 2.48. The molecule has 1 aromatic carbocycles. The van der Waals surface area contributed by atoms with E-state index < -0.39 is 5.97 Å². The van der Waals surface area contributed by atoms with Gasteiger partial charge >= 0.3 is 5.97 Å². The van der Waals surface area contributed by atoms with Gasteiger partial charge in [-0.2, -0.15) is 0 Å². The number of aliphatic carboxylic acids is 1. The second-order valence-electron chi connectivity index (χ2n) is 4.42. The molecule has 1 unspecified atom stereocenters. The molecule has 104 valence electrons. The Labute approximate surface area is 119 Å². The van der Waals surface area contributed by atoms with Gasteiger partial charge < -0.3 is 20.3 Å². The lowest BCUT2D eigenvalue weighted by atomic mass is 10.0. The van der Waals surface area contributed by atoms with Crippen molar-refractivity contribution in [2.45, 2.75) is 25.3 Å². The zero-order valence-electron chi connectivity index (χ0n) is 10.4. The highest BCUT2D eigenvalue weighted by molar-refractivity contribution is 9.10. The molecule has 1 heterocycles. The van der Waals surface area contributed by atoms with E-state index in [1.54, 1.807) is 0 Å². The predicted molar refractivity (Wildman–Crippen MR) is 73.5 cm³/mol. The standard InChI is InChI=1S/C13H16BrNO4/c14-9-6-8(10(15)2-3-12(16)17)7-11-13(9)19-5-1-4-18-11/h6-7,10H,1-5,15H2,(H,16,17). The largest absolute Gasteiger partial charge is 0.490 e. The van der Waals surface area contributed by atoms with Crippen LogP contribution in [0.5, 0.6) is 11.5 Å². The molecule has 3 N–H and O–H groups in total. The number of hydrogen-bond donors (Lipinski definition) is 2. The monoisotopic (exact) mass is 329 g/mol. The van der Waals surface area contributed by atoms with E-state index in [-0.39, 0.29) is 12.5 Å². The highest BCUT2D eigenvalue weighted by atomic mass is 79.9. The molecule has 1 atom stereocenters. The van der Waals surface area contributed by atoms with E-state index in [2.05, 4.69) is 15.9 Å². The number of halogens is 1. The number of carbonyl (C=O) groups is 1. The summed E-state index contributed by atoms with van der Waals surface area (Å²) in [5, 5.41) is 8.68. The zero-order chi connectivity index (χ0) is 13.8. The van der Waals surface area contributed by atoms with Gasteiger partial charge in [-0.15, -0.1) is 0 Å². The summed E-state index contributed by atoms with van der Waals surface area (Å²) in [5.74, 6) is 0.503. The van der Waals surface area contributed by atoms with E-state index in [9.17, 15) is 4.79 Å². The average Bonchev–Trinajstić information content (AvgIpc) is 2.61. The van der Waals surface area contributed by atoms with Crippen molar-refractivity contribution in [2.75, 3.05) is 13.2 Å². The molecule has 1 aromatic rings. The van der Waals surface area contributed by atoms with E-state index >= 15 is 0 Å². The van der Waals surface area contributed by atoms with Gasteiger partial charge in [-0.05, 0) is 40.0 Å². The fourth-order valence-corrected chi connectivity index (χ4v) is 2.48. The highest BCUT2D eigenvalue weighted by Gasteiger charge is 2.18. The summed E-state index contributed by atoms with van der Waals surface area (Å²) >= 11 is 3.44. The zero-order valence-corrected chi connectivity index (χ0v) is 12.0. The Balaban J connectivity index is 2.20. The fourth-order valence-electron chi connectivity index (χ4n) is 1.91. The summed E-state index contributed by atoms with van der Waals surface area (Å²) in [6.45, 7) is 1.23. The number of carboxylic acids is 1. The molecule has 1 aliphatic heterocycles. The Morgan fingerprint density at radius 2 is 2.16 bits per heavy atom.